The molecule has 1 amide bonds. The van der Waals surface area contributed by atoms with Gasteiger partial charge >= 0.3 is 5.97 Å². The van der Waals surface area contributed by atoms with E-state index in [2.05, 4.69) is 5.32 Å². The van der Waals surface area contributed by atoms with Gasteiger partial charge in [0.1, 0.15) is 6.04 Å². The van der Waals surface area contributed by atoms with E-state index in [1.807, 2.05) is 11.6 Å². The predicted molar refractivity (Wildman–Crippen MR) is 92.0 cm³/mol. The SMILES string of the molecule is CCCCNC(=O)CC[C@H](NS(=O)(=O)c1ccc([N+](=O)[O-])cc1)C(=O)O. The number of benzene rings is 1. The number of unbranched alkanes of at least 4 members (excludes halogenated alkanes) is 1. The van der Waals surface area contributed by atoms with Gasteiger partial charge in [-0.05, 0) is 25.0 Å². The van der Waals surface area contributed by atoms with Crippen LogP contribution >= 0.6 is 0 Å². The molecule has 11 heteroatoms. The van der Waals surface area contributed by atoms with Gasteiger partial charge in [-0.25, -0.2) is 8.42 Å². The number of non-ortho nitro benzene ring substituents is 1. The first kappa shape index (κ1) is 21.5. The highest BCUT2D eigenvalue weighted by molar-refractivity contribution is 7.89. The lowest BCUT2D eigenvalue weighted by molar-refractivity contribution is -0.384. The van der Waals surface area contributed by atoms with Crippen molar-refractivity contribution < 1.29 is 28.0 Å². The molecule has 0 saturated carbocycles. The van der Waals surface area contributed by atoms with Crippen LogP contribution in [0.1, 0.15) is 32.6 Å². The zero-order valence-corrected chi connectivity index (χ0v) is 15.0. The maximum atomic E-state index is 12.2. The van der Waals surface area contributed by atoms with Crippen molar-refractivity contribution in [2.45, 2.75) is 43.5 Å². The fraction of sp³-hybridized carbons (Fsp3) is 0.467. The van der Waals surface area contributed by atoms with Crippen LogP contribution in [0.4, 0.5) is 5.69 Å². The summed E-state index contributed by atoms with van der Waals surface area (Å²) in [6.07, 6.45) is 1.32. The molecule has 3 N–H and O–H groups in total. The van der Waals surface area contributed by atoms with Crippen LogP contribution in [0.15, 0.2) is 29.2 Å². The maximum Gasteiger partial charge on any atom is 0.321 e. The van der Waals surface area contributed by atoms with Gasteiger partial charge in [0.2, 0.25) is 15.9 Å². The summed E-state index contributed by atoms with van der Waals surface area (Å²) in [5, 5.41) is 22.4. The summed E-state index contributed by atoms with van der Waals surface area (Å²) >= 11 is 0. The smallest absolute Gasteiger partial charge is 0.321 e. The van der Waals surface area contributed by atoms with Gasteiger partial charge in [-0.1, -0.05) is 13.3 Å². The number of nitro benzene ring substituents is 1. The third-order valence-corrected chi connectivity index (χ3v) is 4.95. The van der Waals surface area contributed by atoms with E-state index in [-0.39, 0.29) is 29.3 Å². The molecule has 1 aromatic rings. The maximum absolute atomic E-state index is 12.2. The van der Waals surface area contributed by atoms with E-state index in [0.29, 0.717) is 6.54 Å². The van der Waals surface area contributed by atoms with Crippen molar-refractivity contribution in [3.05, 3.63) is 34.4 Å². The number of hydrogen-bond acceptors (Lipinski definition) is 6. The van der Waals surface area contributed by atoms with Crippen LogP contribution in [0.25, 0.3) is 0 Å². The zero-order chi connectivity index (χ0) is 19.7. The quantitative estimate of drug-likeness (QED) is 0.291. The first-order chi connectivity index (χ1) is 12.2. The summed E-state index contributed by atoms with van der Waals surface area (Å²) in [6, 6.07) is 2.54. The largest absolute Gasteiger partial charge is 0.480 e. The Morgan fingerprint density at radius 1 is 1.27 bits per heavy atom. The number of nitrogens with one attached hydrogen (secondary N) is 2. The van der Waals surface area contributed by atoms with Crippen molar-refractivity contribution in [2.75, 3.05) is 6.54 Å². The Morgan fingerprint density at radius 3 is 2.38 bits per heavy atom. The molecule has 0 fully saturated rings. The van der Waals surface area contributed by atoms with Crippen molar-refractivity contribution in [1.29, 1.82) is 0 Å². The highest BCUT2D eigenvalue weighted by Gasteiger charge is 2.26. The average molecular weight is 387 g/mol. The van der Waals surface area contributed by atoms with Crippen LogP contribution in [0.3, 0.4) is 0 Å². The lowest BCUT2D eigenvalue weighted by atomic mass is 10.1. The van der Waals surface area contributed by atoms with Gasteiger partial charge in [-0.2, -0.15) is 4.72 Å². The number of nitrogens with zero attached hydrogens (tertiary/aromatic N) is 1. The van der Waals surface area contributed by atoms with Crippen molar-refractivity contribution in [3.63, 3.8) is 0 Å². The summed E-state index contributed by atoms with van der Waals surface area (Å²) < 4.78 is 26.5. The molecule has 0 bridgehead atoms. The molecular weight excluding hydrogens is 366 g/mol. The van der Waals surface area contributed by atoms with Gasteiger partial charge in [-0.3, -0.25) is 19.7 Å². The molecular formula is C15H21N3O7S. The van der Waals surface area contributed by atoms with Gasteiger partial charge in [-0.15, -0.1) is 0 Å². The molecule has 1 atom stereocenters. The Labute approximate surface area is 150 Å². The zero-order valence-electron chi connectivity index (χ0n) is 14.2. The van der Waals surface area contributed by atoms with Crippen LogP contribution in [0.2, 0.25) is 0 Å². The van der Waals surface area contributed by atoms with E-state index in [0.717, 1.165) is 37.1 Å². The Morgan fingerprint density at radius 2 is 1.88 bits per heavy atom. The van der Waals surface area contributed by atoms with E-state index in [4.69, 9.17) is 0 Å². The minimum absolute atomic E-state index is 0.149. The van der Waals surface area contributed by atoms with Crippen LogP contribution in [0.5, 0.6) is 0 Å². The molecule has 0 radical (unpaired) electrons. The van der Waals surface area contributed by atoms with Crippen molar-refractivity contribution in [1.82, 2.24) is 10.0 Å². The molecule has 0 spiro atoms. The number of hydrogen-bond donors (Lipinski definition) is 3. The summed E-state index contributed by atoms with van der Waals surface area (Å²) in [5.74, 6) is -1.78. The van der Waals surface area contributed by atoms with Crippen molar-refractivity contribution in [3.8, 4) is 0 Å². The number of carboxylic acid groups (broad SMARTS) is 1. The molecule has 1 aromatic carbocycles. The highest BCUT2D eigenvalue weighted by atomic mass is 32.2. The van der Waals surface area contributed by atoms with Crippen molar-refractivity contribution >= 4 is 27.6 Å². The number of carbonyl (C=O) groups excluding carboxylic acids is 1. The molecule has 1 rings (SSSR count). The highest BCUT2D eigenvalue weighted by Crippen LogP contribution is 2.16. The molecule has 0 aliphatic rings. The first-order valence-corrected chi connectivity index (χ1v) is 9.42. The molecule has 0 unspecified atom stereocenters. The number of carbonyl (C=O) groups is 2. The molecule has 144 valence electrons. The molecule has 0 heterocycles. The summed E-state index contributed by atoms with van der Waals surface area (Å²) in [7, 11) is -4.20. The third-order valence-electron chi connectivity index (χ3n) is 3.47. The molecule has 10 nitrogen and oxygen atoms in total. The molecule has 0 aliphatic heterocycles. The van der Waals surface area contributed by atoms with E-state index in [9.17, 15) is 33.2 Å². The van der Waals surface area contributed by atoms with E-state index >= 15 is 0 Å². The van der Waals surface area contributed by atoms with E-state index < -0.39 is 27.0 Å². The first-order valence-electron chi connectivity index (χ1n) is 7.93. The fourth-order valence-corrected chi connectivity index (χ4v) is 3.23. The second kappa shape index (κ2) is 9.82. The fourth-order valence-electron chi connectivity index (χ4n) is 2.00. The van der Waals surface area contributed by atoms with Crippen LogP contribution in [0, 0.1) is 10.1 Å². The van der Waals surface area contributed by atoms with Gasteiger partial charge in [0, 0.05) is 25.1 Å². The summed E-state index contributed by atoms with van der Waals surface area (Å²) in [5.41, 5.74) is -0.289. The monoisotopic (exact) mass is 387 g/mol. The molecule has 0 aromatic heterocycles. The van der Waals surface area contributed by atoms with Gasteiger partial charge in [0.05, 0.1) is 9.82 Å². The second-order valence-corrected chi connectivity index (χ2v) is 7.22. The minimum Gasteiger partial charge on any atom is -0.480 e. The Balaban J connectivity index is 2.74. The van der Waals surface area contributed by atoms with Gasteiger partial charge in [0.15, 0.2) is 0 Å². The Bertz CT molecular complexity index is 747. The summed E-state index contributed by atoms with van der Waals surface area (Å²) in [4.78, 5) is 32.5. The topological polar surface area (TPSA) is 156 Å². The number of carboxylic acids is 1. The molecule has 0 aliphatic carbocycles. The van der Waals surface area contributed by atoms with Crippen LogP contribution < -0.4 is 10.0 Å². The van der Waals surface area contributed by atoms with E-state index in [1.165, 1.54) is 0 Å². The Hall–Kier alpha value is -2.53. The normalized spacial score (nSPS) is 12.3. The third kappa shape index (κ3) is 6.76. The predicted octanol–water partition coefficient (Wildman–Crippen LogP) is 1.02. The van der Waals surface area contributed by atoms with Gasteiger partial charge < -0.3 is 10.4 Å². The minimum atomic E-state index is -4.20. The molecule has 26 heavy (non-hydrogen) atoms. The number of amides is 1. The van der Waals surface area contributed by atoms with Gasteiger partial charge in [0.25, 0.3) is 5.69 Å². The van der Waals surface area contributed by atoms with Crippen LogP contribution in [-0.4, -0.2) is 42.9 Å². The Kier molecular flexibility index (Phi) is 8.13. The van der Waals surface area contributed by atoms with Crippen molar-refractivity contribution in [2.24, 2.45) is 0 Å². The number of nitro groups is 1. The second-order valence-electron chi connectivity index (χ2n) is 5.51. The average Bonchev–Trinajstić information content (AvgIpc) is 2.58. The number of aliphatic carboxylic acids is 1. The standard InChI is InChI=1S/C15H21N3O7S/c1-2-3-10-16-14(19)9-8-13(15(20)21)17-26(24,25)12-6-4-11(5-7-12)18(22)23/h4-7,13,17H,2-3,8-10H2,1H3,(H,16,19)(H,20,21)/t13-/m0/s1. The lowest BCUT2D eigenvalue weighted by Crippen LogP contribution is -2.41. The number of sulfonamides is 1. The molecule has 0 saturated heterocycles. The lowest BCUT2D eigenvalue weighted by Gasteiger charge is -2.14. The summed E-state index contributed by atoms with van der Waals surface area (Å²) in [6.45, 7) is 2.43. The van der Waals surface area contributed by atoms with E-state index in [1.54, 1.807) is 0 Å². The van der Waals surface area contributed by atoms with Crippen LogP contribution in [-0.2, 0) is 19.6 Å². The number of rotatable bonds is 11.